The number of aryl methyl sites for hydroxylation is 1. The molecule has 0 bridgehead atoms. The van der Waals surface area contributed by atoms with Crippen molar-refractivity contribution < 1.29 is 4.74 Å². The molecule has 0 aliphatic carbocycles. The Hall–Kier alpha value is -0.870. The maximum Gasteiger partial charge on any atom is 0.0616 e. The lowest BCUT2D eigenvalue weighted by Crippen LogP contribution is -2.27. The van der Waals surface area contributed by atoms with E-state index in [1.807, 2.05) is 17.1 Å². The second-order valence-electron chi connectivity index (χ2n) is 3.12. The van der Waals surface area contributed by atoms with Crippen LogP contribution in [-0.2, 0) is 17.7 Å². The smallest absolute Gasteiger partial charge is 0.0616 e. The maximum atomic E-state index is 5.80. The Bertz CT molecular complexity index is 247. The summed E-state index contributed by atoms with van der Waals surface area (Å²) in [4.78, 5) is 0. The monoisotopic (exact) mass is 183 g/mol. The molecule has 0 saturated carbocycles. The molecule has 1 heterocycles. The van der Waals surface area contributed by atoms with Gasteiger partial charge in [0.1, 0.15) is 0 Å². The van der Waals surface area contributed by atoms with Crippen LogP contribution < -0.4 is 5.73 Å². The first kappa shape index (κ1) is 10.2. The van der Waals surface area contributed by atoms with Gasteiger partial charge in [0.15, 0.2) is 0 Å². The molecule has 0 spiro atoms. The predicted molar refractivity (Wildman–Crippen MR) is 51.5 cm³/mol. The van der Waals surface area contributed by atoms with Gasteiger partial charge in [-0.1, -0.05) is 0 Å². The van der Waals surface area contributed by atoms with Crippen molar-refractivity contribution >= 4 is 0 Å². The summed E-state index contributed by atoms with van der Waals surface area (Å²) in [6.45, 7) is 3.56. The van der Waals surface area contributed by atoms with Crippen molar-refractivity contribution in [1.29, 1.82) is 0 Å². The van der Waals surface area contributed by atoms with E-state index < -0.39 is 0 Å². The van der Waals surface area contributed by atoms with E-state index in [0.717, 1.165) is 13.0 Å². The Morgan fingerprint density at radius 2 is 2.46 bits per heavy atom. The summed E-state index contributed by atoms with van der Waals surface area (Å²) in [5.74, 6) is 0. The molecule has 1 atom stereocenters. The highest BCUT2D eigenvalue weighted by Gasteiger charge is 2.04. The lowest BCUT2D eigenvalue weighted by Gasteiger charge is -2.07. The molecule has 74 valence electrons. The molecule has 1 unspecified atom stereocenters. The molecule has 0 fully saturated rings. The summed E-state index contributed by atoms with van der Waals surface area (Å²) in [5.41, 5.74) is 6.98. The highest BCUT2D eigenvalue weighted by atomic mass is 16.5. The van der Waals surface area contributed by atoms with Crippen LogP contribution in [0.25, 0.3) is 0 Å². The number of rotatable bonds is 5. The third-order valence-electron chi connectivity index (χ3n) is 1.89. The number of ether oxygens (including phenoxy) is 1. The van der Waals surface area contributed by atoms with E-state index in [9.17, 15) is 0 Å². The number of aromatic nitrogens is 2. The molecule has 0 saturated heterocycles. The quantitative estimate of drug-likeness (QED) is 0.719. The van der Waals surface area contributed by atoms with Crippen molar-refractivity contribution in [3.63, 3.8) is 0 Å². The first-order valence-electron chi connectivity index (χ1n) is 4.52. The zero-order chi connectivity index (χ0) is 9.68. The molecular weight excluding hydrogens is 166 g/mol. The van der Waals surface area contributed by atoms with Gasteiger partial charge >= 0.3 is 0 Å². The minimum atomic E-state index is 0.0690. The van der Waals surface area contributed by atoms with E-state index in [2.05, 4.69) is 12.0 Å². The number of hydrogen-bond acceptors (Lipinski definition) is 3. The molecule has 0 radical (unpaired) electrons. The third kappa shape index (κ3) is 3.16. The highest BCUT2D eigenvalue weighted by Crippen LogP contribution is 2.01. The van der Waals surface area contributed by atoms with Gasteiger partial charge in [-0.25, -0.2) is 0 Å². The molecule has 1 rings (SSSR count). The summed E-state index contributed by atoms with van der Waals surface area (Å²) in [7, 11) is 1.66. The van der Waals surface area contributed by atoms with Crippen LogP contribution in [0.5, 0.6) is 0 Å². The van der Waals surface area contributed by atoms with Gasteiger partial charge in [-0.3, -0.25) is 4.68 Å². The molecule has 0 amide bonds. The molecule has 0 aliphatic heterocycles. The molecule has 0 aliphatic rings. The van der Waals surface area contributed by atoms with Crippen LogP contribution in [-0.4, -0.2) is 29.5 Å². The lowest BCUT2D eigenvalue weighted by atomic mass is 10.1. The van der Waals surface area contributed by atoms with Gasteiger partial charge in [-0.05, 0) is 18.9 Å². The lowest BCUT2D eigenvalue weighted by molar-refractivity contribution is 0.180. The standard InChI is InChI=1S/C9H17N3O/c1-3-12-6-8(5-11-12)4-9(10)7-13-2/h5-6,9H,3-4,7,10H2,1-2H3. The average molecular weight is 183 g/mol. The first-order valence-corrected chi connectivity index (χ1v) is 4.52. The fraction of sp³-hybridized carbons (Fsp3) is 0.667. The van der Waals surface area contributed by atoms with E-state index >= 15 is 0 Å². The van der Waals surface area contributed by atoms with Gasteiger partial charge < -0.3 is 10.5 Å². The second-order valence-corrected chi connectivity index (χ2v) is 3.12. The first-order chi connectivity index (χ1) is 6.26. The molecule has 4 nitrogen and oxygen atoms in total. The fourth-order valence-electron chi connectivity index (χ4n) is 1.26. The maximum absolute atomic E-state index is 5.80. The second kappa shape index (κ2) is 4.99. The Kier molecular flexibility index (Phi) is 3.92. The molecule has 0 aromatic carbocycles. The van der Waals surface area contributed by atoms with Crippen LogP contribution in [0.15, 0.2) is 12.4 Å². The minimum Gasteiger partial charge on any atom is -0.383 e. The summed E-state index contributed by atoms with van der Waals surface area (Å²) in [6, 6.07) is 0.0690. The van der Waals surface area contributed by atoms with Gasteiger partial charge in [-0.2, -0.15) is 5.10 Å². The molecule has 1 aromatic rings. The predicted octanol–water partition coefficient (Wildman–Crippen LogP) is 0.419. The number of methoxy groups -OCH3 is 1. The van der Waals surface area contributed by atoms with Gasteiger partial charge in [0, 0.05) is 25.9 Å². The third-order valence-corrected chi connectivity index (χ3v) is 1.89. The largest absolute Gasteiger partial charge is 0.383 e. The van der Waals surface area contributed by atoms with Crippen LogP contribution in [0.2, 0.25) is 0 Å². The van der Waals surface area contributed by atoms with Crippen LogP contribution >= 0.6 is 0 Å². The van der Waals surface area contributed by atoms with Crippen LogP contribution in [0, 0.1) is 0 Å². The van der Waals surface area contributed by atoms with E-state index in [1.54, 1.807) is 7.11 Å². The van der Waals surface area contributed by atoms with Crippen molar-refractivity contribution in [2.45, 2.75) is 25.9 Å². The van der Waals surface area contributed by atoms with E-state index in [0.29, 0.717) is 6.61 Å². The van der Waals surface area contributed by atoms with Gasteiger partial charge in [0.2, 0.25) is 0 Å². The van der Waals surface area contributed by atoms with E-state index in [4.69, 9.17) is 10.5 Å². The molecule has 13 heavy (non-hydrogen) atoms. The van der Waals surface area contributed by atoms with Crippen molar-refractivity contribution in [3.05, 3.63) is 18.0 Å². The van der Waals surface area contributed by atoms with Crippen molar-refractivity contribution in [2.75, 3.05) is 13.7 Å². The molecule has 2 N–H and O–H groups in total. The zero-order valence-corrected chi connectivity index (χ0v) is 8.23. The average Bonchev–Trinajstić information content (AvgIpc) is 2.52. The molecular formula is C9H17N3O. The molecule has 1 aromatic heterocycles. The van der Waals surface area contributed by atoms with E-state index in [1.165, 1.54) is 5.56 Å². The van der Waals surface area contributed by atoms with Crippen molar-refractivity contribution in [2.24, 2.45) is 5.73 Å². The Balaban J connectivity index is 2.44. The van der Waals surface area contributed by atoms with Crippen LogP contribution in [0.1, 0.15) is 12.5 Å². The number of nitrogens with zero attached hydrogens (tertiary/aromatic N) is 2. The SMILES string of the molecule is CCn1cc(CC(N)COC)cn1. The van der Waals surface area contributed by atoms with Crippen LogP contribution in [0.3, 0.4) is 0 Å². The van der Waals surface area contributed by atoms with Crippen molar-refractivity contribution in [3.8, 4) is 0 Å². The summed E-state index contributed by atoms with van der Waals surface area (Å²) >= 11 is 0. The summed E-state index contributed by atoms with van der Waals surface area (Å²) in [6.07, 6.45) is 4.71. The van der Waals surface area contributed by atoms with Crippen molar-refractivity contribution in [1.82, 2.24) is 9.78 Å². The zero-order valence-electron chi connectivity index (χ0n) is 8.23. The van der Waals surface area contributed by atoms with E-state index in [-0.39, 0.29) is 6.04 Å². The summed E-state index contributed by atoms with van der Waals surface area (Å²) < 4.78 is 6.85. The molecule has 4 heteroatoms. The highest BCUT2D eigenvalue weighted by molar-refractivity contribution is 5.05. The van der Waals surface area contributed by atoms with Gasteiger partial charge in [-0.15, -0.1) is 0 Å². The number of nitrogens with two attached hydrogens (primary N) is 1. The number of hydrogen-bond donors (Lipinski definition) is 1. The van der Waals surface area contributed by atoms with Gasteiger partial charge in [0.25, 0.3) is 0 Å². The normalized spacial score (nSPS) is 13.2. The fourth-order valence-corrected chi connectivity index (χ4v) is 1.26. The van der Waals surface area contributed by atoms with Crippen LogP contribution in [0.4, 0.5) is 0 Å². The minimum absolute atomic E-state index is 0.0690. The Labute approximate surface area is 78.7 Å². The Morgan fingerprint density at radius 1 is 1.69 bits per heavy atom. The topological polar surface area (TPSA) is 53.1 Å². The Morgan fingerprint density at radius 3 is 3.00 bits per heavy atom. The summed E-state index contributed by atoms with van der Waals surface area (Å²) in [5, 5.41) is 4.17. The van der Waals surface area contributed by atoms with Gasteiger partial charge in [0.05, 0.1) is 12.8 Å².